The van der Waals surface area contributed by atoms with Gasteiger partial charge in [-0.1, -0.05) is 12.1 Å². The van der Waals surface area contributed by atoms with Crippen molar-refractivity contribution in [1.29, 1.82) is 0 Å². The molecule has 0 aliphatic rings. The normalized spacial score (nSPS) is 11.6. The zero-order chi connectivity index (χ0) is 18.7. The van der Waals surface area contributed by atoms with Crippen LogP contribution in [0.1, 0.15) is 6.92 Å². The third-order valence-corrected chi connectivity index (χ3v) is 5.39. The Bertz CT molecular complexity index is 1040. The summed E-state index contributed by atoms with van der Waals surface area (Å²) in [7, 11) is -3.65. The summed E-state index contributed by atoms with van der Waals surface area (Å²) in [5.74, 6) is -0.537. The van der Waals surface area contributed by atoms with Crippen LogP contribution in [0, 0.1) is 5.82 Å². The molecule has 2 aromatic carbocycles. The SMILES string of the molecule is CC(=O)NCCNS(=O)(=O)c1ccc(-c2c[nH]c3cc(F)ccc23)cc1. The van der Waals surface area contributed by atoms with E-state index in [-0.39, 0.29) is 29.7 Å². The third kappa shape index (κ3) is 3.92. The molecule has 0 saturated carbocycles. The van der Waals surface area contributed by atoms with E-state index < -0.39 is 10.0 Å². The predicted octanol–water partition coefficient (Wildman–Crippen LogP) is 2.39. The molecule has 0 fully saturated rings. The number of aromatic nitrogens is 1. The summed E-state index contributed by atoms with van der Waals surface area (Å²) < 4.78 is 40.2. The van der Waals surface area contributed by atoms with Crippen LogP contribution in [0.25, 0.3) is 22.0 Å². The van der Waals surface area contributed by atoms with Gasteiger partial charge in [-0.15, -0.1) is 0 Å². The Kier molecular flexibility index (Phi) is 5.06. The van der Waals surface area contributed by atoms with Crippen molar-refractivity contribution in [1.82, 2.24) is 15.0 Å². The lowest BCUT2D eigenvalue weighted by molar-refractivity contribution is -0.118. The van der Waals surface area contributed by atoms with Crippen molar-refractivity contribution in [2.45, 2.75) is 11.8 Å². The first kappa shape index (κ1) is 18.1. The molecule has 0 unspecified atom stereocenters. The molecule has 1 heterocycles. The molecule has 136 valence electrons. The number of nitrogens with one attached hydrogen (secondary N) is 3. The fourth-order valence-corrected chi connectivity index (χ4v) is 3.69. The Balaban J connectivity index is 1.78. The van der Waals surface area contributed by atoms with E-state index in [1.807, 2.05) is 0 Å². The highest BCUT2D eigenvalue weighted by Gasteiger charge is 2.14. The highest BCUT2D eigenvalue weighted by atomic mass is 32.2. The molecular weight excluding hydrogens is 357 g/mol. The molecule has 0 saturated heterocycles. The number of sulfonamides is 1. The number of carbonyl (C=O) groups is 1. The van der Waals surface area contributed by atoms with Gasteiger partial charge in [-0.2, -0.15) is 0 Å². The minimum Gasteiger partial charge on any atom is -0.360 e. The standard InChI is InChI=1S/C18H18FN3O3S/c1-12(23)20-8-9-22-26(24,25)15-5-2-13(3-6-15)17-11-21-18-10-14(19)4-7-16(17)18/h2-7,10-11,21-22H,8-9H2,1H3,(H,20,23). The van der Waals surface area contributed by atoms with Crippen LogP contribution in [0.5, 0.6) is 0 Å². The average Bonchev–Trinajstić information content (AvgIpc) is 3.01. The Morgan fingerprint density at radius 2 is 1.85 bits per heavy atom. The molecule has 8 heteroatoms. The molecule has 6 nitrogen and oxygen atoms in total. The summed E-state index contributed by atoms with van der Waals surface area (Å²) in [6, 6.07) is 10.9. The van der Waals surface area contributed by atoms with Crippen LogP contribution >= 0.6 is 0 Å². The van der Waals surface area contributed by atoms with Gasteiger partial charge in [-0.05, 0) is 35.9 Å². The number of rotatable bonds is 6. The Morgan fingerprint density at radius 1 is 1.12 bits per heavy atom. The lowest BCUT2D eigenvalue weighted by atomic mass is 10.1. The van der Waals surface area contributed by atoms with Gasteiger partial charge in [0, 0.05) is 42.7 Å². The summed E-state index contributed by atoms with van der Waals surface area (Å²) in [6.45, 7) is 1.70. The molecule has 0 bridgehead atoms. The second-order valence-corrected chi connectivity index (χ2v) is 7.56. The fraction of sp³-hybridized carbons (Fsp3) is 0.167. The number of fused-ring (bicyclic) bond motifs is 1. The van der Waals surface area contributed by atoms with Crippen LogP contribution in [0.15, 0.2) is 53.6 Å². The molecule has 3 N–H and O–H groups in total. The molecule has 1 aromatic heterocycles. The van der Waals surface area contributed by atoms with Crippen molar-refractivity contribution >= 4 is 26.8 Å². The van der Waals surface area contributed by atoms with E-state index in [2.05, 4.69) is 15.0 Å². The molecule has 0 spiro atoms. The average molecular weight is 375 g/mol. The molecule has 26 heavy (non-hydrogen) atoms. The van der Waals surface area contributed by atoms with Gasteiger partial charge in [0.2, 0.25) is 15.9 Å². The second-order valence-electron chi connectivity index (χ2n) is 5.80. The maximum absolute atomic E-state index is 13.3. The minimum absolute atomic E-state index is 0.109. The van der Waals surface area contributed by atoms with Crippen molar-refractivity contribution in [3.8, 4) is 11.1 Å². The lowest BCUT2D eigenvalue weighted by Gasteiger charge is -2.08. The Morgan fingerprint density at radius 3 is 2.54 bits per heavy atom. The van der Waals surface area contributed by atoms with E-state index in [0.717, 1.165) is 16.5 Å². The first-order chi connectivity index (χ1) is 12.4. The van der Waals surface area contributed by atoms with E-state index in [1.165, 1.54) is 31.2 Å². The van der Waals surface area contributed by atoms with E-state index in [1.54, 1.807) is 24.4 Å². The van der Waals surface area contributed by atoms with E-state index in [4.69, 9.17) is 0 Å². The van der Waals surface area contributed by atoms with Crippen molar-refractivity contribution in [2.75, 3.05) is 13.1 Å². The molecule has 1 amide bonds. The van der Waals surface area contributed by atoms with Gasteiger partial charge < -0.3 is 10.3 Å². The molecule has 0 radical (unpaired) electrons. The zero-order valence-corrected chi connectivity index (χ0v) is 14.9. The Hall–Kier alpha value is -2.71. The number of amides is 1. The van der Waals surface area contributed by atoms with E-state index in [0.29, 0.717) is 5.52 Å². The summed E-state index contributed by atoms with van der Waals surface area (Å²) in [4.78, 5) is 13.9. The first-order valence-electron chi connectivity index (χ1n) is 7.98. The maximum Gasteiger partial charge on any atom is 0.240 e. The second kappa shape index (κ2) is 7.27. The van der Waals surface area contributed by atoms with Crippen LogP contribution < -0.4 is 10.0 Å². The number of H-pyrrole nitrogens is 1. The number of hydrogen-bond donors (Lipinski definition) is 3. The van der Waals surface area contributed by atoms with Gasteiger partial charge in [-0.3, -0.25) is 4.79 Å². The van der Waals surface area contributed by atoms with E-state index >= 15 is 0 Å². The molecule has 0 aliphatic heterocycles. The fourth-order valence-electron chi connectivity index (χ4n) is 2.66. The lowest BCUT2D eigenvalue weighted by Crippen LogP contribution is -2.33. The van der Waals surface area contributed by atoms with Crippen LogP contribution in [0.4, 0.5) is 4.39 Å². The Labute approximate surface area is 150 Å². The molecular formula is C18H18FN3O3S. The smallest absolute Gasteiger partial charge is 0.240 e. The summed E-state index contributed by atoms with van der Waals surface area (Å²) in [5, 5.41) is 3.38. The van der Waals surface area contributed by atoms with Gasteiger partial charge in [-0.25, -0.2) is 17.5 Å². The third-order valence-electron chi connectivity index (χ3n) is 3.91. The van der Waals surface area contributed by atoms with Crippen LogP contribution in [-0.2, 0) is 14.8 Å². The number of hydrogen-bond acceptors (Lipinski definition) is 3. The van der Waals surface area contributed by atoms with Crippen LogP contribution in [0.2, 0.25) is 0 Å². The van der Waals surface area contributed by atoms with Gasteiger partial charge >= 0.3 is 0 Å². The largest absolute Gasteiger partial charge is 0.360 e. The summed E-state index contributed by atoms with van der Waals surface area (Å²) >= 11 is 0. The summed E-state index contributed by atoms with van der Waals surface area (Å²) in [5.41, 5.74) is 2.36. The predicted molar refractivity (Wildman–Crippen MR) is 97.6 cm³/mol. The van der Waals surface area contributed by atoms with Crippen molar-refractivity contribution in [3.05, 3.63) is 54.5 Å². The number of carbonyl (C=O) groups excluding carboxylic acids is 1. The number of benzene rings is 2. The molecule has 0 atom stereocenters. The molecule has 0 aliphatic carbocycles. The quantitative estimate of drug-likeness (QED) is 0.578. The van der Waals surface area contributed by atoms with Crippen molar-refractivity contribution in [3.63, 3.8) is 0 Å². The van der Waals surface area contributed by atoms with Crippen LogP contribution in [-0.4, -0.2) is 32.4 Å². The highest BCUT2D eigenvalue weighted by Crippen LogP contribution is 2.29. The van der Waals surface area contributed by atoms with E-state index in [9.17, 15) is 17.6 Å². The minimum atomic E-state index is -3.65. The zero-order valence-electron chi connectivity index (χ0n) is 14.0. The number of halogens is 1. The summed E-state index contributed by atoms with van der Waals surface area (Å²) in [6.07, 6.45) is 1.76. The van der Waals surface area contributed by atoms with Crippen LogP contribution in [0.3, 0.4) is 0 Å². The molecule has 3 rings (SSSR count). The maximum atomic E-state index is 13.3. The number of aromatic amines is 1. The van der Waals surface area contributed by atoms with Gasteiger partial charge in [0.15, 0.2) is 0 Å². The van der Waals surface area contributed by atoms with Gasteiger partial charge in [0.1, 0.15) is 5.82 Å². The highest BCUT2D eigenvalue weighted by molar-refractivity contribution is 7.89. The van der Waals surface area contributed by atoms with Gasteiger partial charge in [0.25, 0.3) is 0 Å². The molecule has 3 aromatic rings. The first-order valence-corrected chi connectivity index (χ1v) is 9.46. The van der Waals surface area contributed by atoms with Gasteiger partial charge in [0.05, 0.1) is 4.90 Å². The van der Waals surface area contributed by atoms with Crippen molar-refractivity contribution < 1.29 is 17.6 Å². The topological polar surface area (TPSA) is 91.1 Å². The monoisotopic (exact) mass is 375 g/mol. The van der Waals surface area contributed by atoms with Crippen molar-refractivity contribution in [2.24, 2.45) is 0 Å².